The molecule has 0 aliphatic carbocycles. The number of hydrogen-bond acceptors (Lipinski definition) is 3. The smallest absolute Gasteiger partial charge is 0.352 e. The van der Waals surface area contributed by atoms with Crippen LogP contribution >= 0.6 is 0 Å². The maximum Gasteiger partial charge on any atom is 0.352 e. The molecule has 0 atom stereocenters. The van der Waals surface area contributed by atoms with Gasteiger partial charge in [0.25, 0.3) is 0 Å². The molecule has 0 bridgehead atoms. The number of unbranched alkanes of at least 4 members (excludes halogenated alkanes) is 2. The van der Waals surface area contributed by atoms with Crippen molar-refractivity contribution >= 4 is 11.7 Å². The molecule has 0 aliphatic rings. The third-order valence-electron chi connectivity index (χ3n) is 1.78. The van der Waals surface area contributed by atoms with Gasteiger partial charge in [-0.3, -0.25) is 5.41 Å². The van der Waals surface area contributed by atoms with E-state index in [0.717, 1.165) is 19.3 Å². The second-order valence-electron chi connectivity index (χ2n) is 3.41. The van der Waals surface area contributed by atoms with Gasteiger partial charge >= 0.3 is 5.97 Å². The van der Waals surface area contributed by atoms with Gasteiger partial charge < -0.3 is 4.74 Å². The monoisotopic (exact) mass is 185 g/mol. The lowest BCUT2D eigenvalue weighted by atomic mass is 10.1. The molecule has 0 aromatic rings. The van der Waals surface area contributed by atoms with E-state index in [2.05, 4.69) is 6.92 Å². The summed E-state index contributed by atoms with van der Waals surface area (Å²) in [5.74, 6) is -0.509. The number of esters is 1. The normalized spacial score (nSPS) is 10.2. The van der Waals surface area contributed by atoms with Gasteiger partial charge in [-0.1, -0.05) is 33.6 Å². The van der Waals surface area contributed by atoms with Crippen LogP contribution in [0.15, 0.2) is 0 Å². The molecular formula is C10H19NO2. The zero-order valence-electron chi connectivity index (χ0n) is 8.72. The first-order valence-corrected chi connectivity index (χ1v) is 4.85. The summed E-state index contributed by atoms with van der Waals surface area (Å²) < 4.78 is 4.90. The molecule has 0 aromatic carbocycles. The van der Waals surface area contributed by atoms with Crippen LogP contribution < -0.4 is 0 Å². The highest BCUT2D eigenvalue weighted by Gasteiger charge is 2.13. The summed E-state index contributed by atoms with van der Waals surface area (Å²) in [6.07, 6.45) is 3.08. The van der Waals surface area contributed by atoms with Crippen LogP contribution in [0.25, 0.3) is 0 Å². The molecule has 0 amide bonds. The summed E-state index contributed by atoms with van der Waals surface area (Å²) in [6, 6.07) is 0. The fraction of sp³-hybridized carbons (Fsp3) is 0.800. The first-order chi connectivity index (χ1) is 6.09. The molecule has 0 fully saturated rings. The summed E-state index contributed by atoms with van der Waals surface area (Å²) in [4.78, 5) is 11.1. The number of rotatable bonds is 6. The highest BCUT2D eigenvalue weighted by Crippen LogP contribution is 1.99. The lowest BCUT2D eigenvalue weighted by Crippen LogP contribution is -2.21. The highest BCUT2D eigenvalue weighted by molar-refractivity contribution is 6.35. The van der Waals surface area contributed by atoms with Crippen LogP contribution in [0.5, 0.6) is 0 Å². The summed E-state index contributed by atoms with van der Waals surface area (Å²) >= 11 is 0. The summed E-state index contributed by atoms with van der Waals surface area (Å²) in [6.45, 7) is 6.17. The zero-order valence-corrected chi connectivity index (χ0v) is 8.72. The molecular weight excluding hydrogens is 166 g/mol. The van der Waals surface area contributed by atoms with Crippen molar-refractivity contribution in [1.29, 1.82) is 5.41 Å². The van der Waals surface area contributed by atoms with Crippen LogP contribution in [0.3, 0.4) is 0 Å². The Balaban J connectivity index is 3.57. The molecule has 0 aromatic heterocycles. The van der Waals surface area contributed by atoms with Crippen molar-refractivity contribution in [1.82, 2.24) is 0 Å². The molecule has 3 heteroatoms. The van der Waals surface area contributed by atoms with Gasteiger partial charge in [0, 0.05) is 5.92 Å². The van der Waals surface area contributed by atoms with Crippen LogP contribution in [0.1, 0.15) is 40.0 Å². The van der Waals surface area contributed by atoms with Crippen molar-refractivity contribution in [3.8, 4) is 0 Å². The minimum atomic E-state index is -0.467. The molecule has 0 unspecified atom stereocenters. The van der Waals surface area contributed by atoms with Gasteiger partial charge in [0.2, 0.25) is 0 Å². The Morgan fingerprint density at radius 1 is 1.38 bits per heavy atom. The van der Waals surface area contributed by atoms with Crippen molar-refractivity contribution in [3.05, 3.63) is 0 Å². The van der Waals surface area contributed by atoms with E-state index in [1.54, 1.807) is 0 Å². The molecule has 0 saturated carbocycles. The molecule has 76 valence electrons. The van der Waals surface area contributed by atoms with Crippen molar-refractivity contribution < 1.29 is 9.53 Å². The van der Waals surface area contributed by atoms with E-state index in [1.165, 1.54) is 0 Å². The second kappa shape index (κ2) is 6.63. The minimum absolute atomic E-state index is 0.0429. The topological polar surface area (TPSA) is 50.2 Å². The van der Waals surface area contributed by atoms with Crippen LogP contribution in [0, 0.1) is 11.3 Å². The van der Waals surface area contributed by atoms with Gasteiger partial charge in [0.05, 0.1) is 6.61 Å². The number of hydrogen-bond donors (Lipinski definition) is 1. The van der Waals surface area contributed by atoms with Crippen molar-refractivity contribution in [3.63, 3.8) is 0 Å². The molecule has 0 aliphatic heterocycles. The van der Waals surface area contributed by atoms with E-state index in [9.17, 15) is 4.79 Å². The Labute approximate surface area is 80.0 Å². The summed E-state index contributed by atoms with van der Waals surface area (Å²) in [5.41, 5.74) is 0.0662. The van der Waals surface area contributed by atoms with Gasteiger partial charge in [-0.2, -0.15) is 0 Å². The van der Waals surface area contributed by atoms with E-state index in [4.69, 9.17) is 10.1 Å². The quantitative estimate of drug-likeness (QED) is 0.392. The lowest BCUT2D eigenvalue weighted by molar-refractivity contribution is -0.136. The lowest BCUT2D eigenvalue weighted by Gasteiger charge is -2.07. The van der Waals surface area contributed by atoms with E-state index in [0.29, 0.717) is 6.61 Å². The van der Waals surface area contributed by atoms with Crippen molar-refractivity contribution in [2.45, 2.75) is 40.0 Å². The first kappa shape index (κ1) is 12.1. The van der Waals surface area contributed by atoms with Gasteiger partial charge in [-0.15, -0.1) is 0 Å². The molecule has 0 heterocycles. The molecule has 3 nitrogen and oxygen atoms in total. The Kier molecular flexibility index (Phi) is 6.20. The van der Waals surface area contributed by atoms with Gasteiger partial charge in [0.1, 0.15) is 5.71 Å². The number of nitrogens with one attached hydrogen (secondary N) is 1. The third-order valence-corrected chi connectivity index (χ3v) is 1.78. The predicted octanol–water partition coefficient (Wildman–Crippen LogP) is 2.40. The molecule has 0 rings (SSSR count). The average molecular weight is 185 g/mol. The Bertz CT molecular complexity index is 176. The third kappa shape index (κ3) is 5.39. The molecule has 0 saturated heterocycles. The van der Waals surface area contributed by atoms with Gasteiger partial charge in [0.15, 0.2) is 0 Å². The van der Waals surface area contributed by atoms with Crippen LogP contribution in [0.2, 0.25) is 0 Å². The standard InChI is InChI=1S/C10H19NO2/c1-4-5-6-7-13-10(12)9(11)8(2)3/h8,11H,4-7H2,1-3H3. The van der Waals surface area contributed by atoms with Crippen LogP contribution in [-0.2, 0) is 9.53 Å². The Hall–Kier alpha value is -0.860. The minimum Gasteiger partial charge on any atom is -0.461 e. The second-order valence-corrected chi connectivity index (χ2v) is 3.41. The van der Waals surface area contributed by atoms with E-state index in [1.807, 2.05) is 13.8 Å². The summed E-state index contributed by atoms with van der Waals surface area (Å²) in [7, 11) is 0. The summed E-state index contributed by atoms with van der Waals surface area (Å²) in [5, 5.41) is 7.36. The van der Waals surface area contributed by atoms with E-state index >= 15 is 0 Å². The average Bonchev–Trinajstić information content (AvgIpc) is 2.10. The fourth-order valence-corrected chi connectivity index (χ4v) is 0.830. The largest absolute Gasteiger partial charge is 0.461 e. The van der Waals surface area contributed by atoms with Crippen molar-refractivity contribution in [2.75, 3.05) is 6.61 Å². The van der Waals surface area contributed by atoms with Gasteiger partial charge in [-0.05, 0) is 6.42 Å². The zero-order chi connectivity index (χ0) is 10.3. The maximum absolute atomic E-state index is 11.1. The molecule has 1 N–H and O–H groups in total. The van der Waals surface area contributed by atoms with Crippen molar-refractivity contribution in [2.24, 2.45) is 5.92 Å². The van der Waals surface area contributed by atoms with Gasteiger partial charge in [-0.25, -0.2) is 4.79 Å². The molecule has 0 radical (unpaired) electrons. The Morgan fingerprint density at radius 3 is 2.46 bits per heavy atom. The van der Waals surface area contributed by atoms with Crippen LogP contribution in [0.4, 0.5) is 0 Å². The number of carbonyl (C=O) groups excluding carboxylic acids is 1. The number of ether oxygens (including phenoxy) is 1. The number of carbonyl (C=O) groups is 1. The predicted molar refractivity (Wildman–Crippen MR) is 53.0 cm³/mol. The fourth-order valence-electron chi connectivity index (χ4n) is 0.830. The SMILES string of the molecule is CCCCCOC(=O)C(=N)C(C)C. The highest BCUT2D eigenvalue weighted by atomic mass is 16.5. The van der Waals surface area contributed by atoms with E-state index < -0.39 is 5.97 Å². The first-order valence-electron chi connectivity index (χ1n) is 4.85. The van der Waals surface area contributed by atoms with E-state index in [-0.39, 0.29) is 11.6 Å². The molecule has 13 heavy (non-hydrogen) atoms. The van der Waals surface area contributed by atoms with Crippen LogP contribution in [-0.4, -0.2) is 18.3 Å². The molecule has 0 spiro atoms. The maximum atomic E-state index is 11.1. The Morgan fingerprint density at radius 2 is 2.00 bits per heavy atom.